The first-order valence-electron chi connectivity index (χ1n) is 7.18. The van der Waals surface area contributed by atoms with Crippen LogP contribution < -0.4 is 5.32 Å². The second-order valence-electron chi connectivity index (χ2n) is 5.96. The number of amides is 1. The average Bonchev–Trinajstić information content (AvgIpc) is 2.45. The van der Waals surface area contributed by atoms with E-state index in [1.807, 2.05) is 5.32 Å². The number of hydrogen-bond acceptors (Lipinski definition) is 9. The van der Waals surface area contributed by atoms with Gasteiger partial charge in [0.2, 0.25) is 5.91 Å². The van der Waals surface area contributed by atoms with Gasteiger partial charge in [-0.1, -0.05) is 11.6 Å². The van der Waals surface area contributed by atoms with E-state index in [1.54, 1.807) is 0 Å². The Morgan fingerprint density at radius 1 is 1.04 bits per heavy atom. The molecule has 10 nitrogen and oxygen atoms in total. The molecule has 0 bridgehead atoms. The van der Waals surface area contributed by atoms with Crippen molar-refractivity contribution in [2.24, 2.45) is 0 Å². The number of ether oxygens (including phenoxy) is 1. The van der Waals surface area contributed by atoms with Crippen molar-refractivity contribution in [2.45, 2.75) is 62.4 Å². The van der Waals surface area contributed by atoms with Crippen molar-refractivity contribution in [1.29, 1.82) is 0 Å². The fraction of sp³-hybridized carbons (Fsp3) is 0.714. The smallest absolute Gasteiger partial charge is 0.271 e. The van der Waals surface area contributed by atoms with Gasteiger partial charge in [-0.2, -0.15) is 0 Å². The molecule has 1 amide bonds. The highest BCUT2D eigenvalue weighted by molar-refractivity contribution is 6.23. The molecule has 0 saturated carbocycles. The maximum atomic E-state index is 12.2. The lowest BCUT2D eigenvalue weighted by molar-refractivity contribution is -0.312. The SMILES string of the molecule is CC(=O)N[C@H]1[C@](O)(C(C)=O)[C@@](O)(C(C)=O)[C@@H](C(=O)C(C)O)O[C@@]1(O)Cl. The zero-order valence-electron chi connectivity index (χ0n) is 13.9. The lowest BCUT2D eigenvalue weighted by atomic mass is 9.66. The minimum atomic E-state index is -3.23. The van der Waals surface area contributed by atoms with Crippen LogP contribution in [0.3, 0.4) is 0 Å². The fourth-order valence-electron chi connectivity index (χ4n) is 2.80. The van der Waals surface area contributed by atoms with E-state index in [0.29, 0.717) is 0 Å². The third-order valence-corrected chi connectivity index (χ3v) is 4.42. The molecule has 1 aliphatic heterocycles. The third-order valence-electron chi connectivity index (χ3n) is 4.11. The normalized spacial score (nSPS) is 39.4. The van der Waals surface area contributed by atoms with E-state index in [2.05, 4.69) is 0 Å². The minimum absolute atomic E-state index is 0.753. The minimum Gasteiger partial charge on any atom is -0.386 e. The van der Waals surface area contributed by atoms with Crippen molar-refractivity contribution in [3.8, 4) is 0 Å². The van der Waals surface area contributed by atoms with Gasteiger partial charge in [-0.25, -0.2) is 0 Å². The molecule has 6 atom stereocenters. The number of nitrogens with one attached hydrogen (secondary N) is 1. The predicted octanol–water partition coefficient (Wildman–Crippen LogP) is -2.64. The van der Waals surface area contributed by atoms with Crippen LogP contribution in [-0.2, 0) is 23.9 Å². The van der Waals surface area contributed by atoms with E-state index in [0.717, 1.165) is 27.7 Å². The quantitative estimate of drug-likeness (QED) is 0.319. The Kier molecular flexibility index (Phi) is 5.80. The van der Waals surface area contributed by atoms with E-state index in [4.69, 9.17) is 16.3 Å². The summed E-state index contributed by atoms with van der Waals surface area (Å²) < 4.78 is 4.85. The summed E-state index contributed by atoms with van der Waals surface area (Å²) in [5.41, 5.74) is -6.46. The summed E-state index contributed by atoms with van der Waals surface area (Å²) in [5.74, 6) is -4.78. The Labute approximate surface area is 147 Å². The van der Waals surface area contributed by atoms with Crippen LogP contribution in [0.25, 0.3) is 0 Å². The first-order valence-corrected chi connectivity index (χ1v) is 7.56. The van der Waals surface area contributed by atoms with Gasteiger partial charge < -0.3 is 30.5 Å². The van der Waals surface area contributed by atoms with E-state index < -0.39 is 58.0 Å². The Morgan fingerprint density at radius 3 is 1.80 bits per heavy atom. The van der Waals surface area contributed by atoms with E-state index in [-0.39, 0.29) is 0 Å². The topological polar surface area (TPSA) is 170 Å². The van der Waals surface area contributed by atoms with Crippen molar-refractivity contribution in [1.82, 2.24) is 5.32 Å². The second-order valence-corrected chi connectivity index (χ2v) is 6.51. The standard InChI is InChI=1S/C14H20ClNO9/c1-5(17)9(21)10-12(22,6(2)18)13(23,7(3)19)11(16-8(4)20)14(15,24)25-10/h5,10-11,17,22-24H,1-4H3,(H,16,20)/t5?,10-,11+,12-,13-,14-/m1/s1. The molecule has 1 rings (SSSR count). The summed E-state index contributed by atoms with van der Waals surface area (Å²) in [6.45, 7) is 3.44. The number of Topliss-reactive ketones (excluding diaryl/α,β-unsaturated/α-hetero) is 3. The number of alkyl halides is 1. The van der Waals surface area contributed by atoms with Gasteiger partial charge in [0.25, 0.3) is 5.25 Å². The van der Waals surface area contributed by atoms with Crippen molar-refractivity contribution < 1.29 is 44.3 Å². The number of aliphatic hydroxyl groups is 4. The Bertz CT molecular complexity index is 619. The number of carbonyl (C=O) groups is 4. The van der Waals surface area contributed by atoms with Crippen LogP contribution in [0, 0.1) is 0 Å². The number of aliphatic hydroxyl groups excluding tert-OH is 1. The molecular formula is C14H20ClNO9. The molecule has 0 aromatic carbocycles. The highest BCUT2D eigenvalue weighted by Gasteiger charge is 2.75. The summed E-state index contributed by atoms with van der Waals surface area (Å²) in [7, 11) is 0. The zero-order chi connectivity index (χ0) is 20.0. The molecule has 142 valence electrons. The summed E-state index contributed by atoms with van der Waals surface area (Å²) in [4.78, 5) is 47.8. The molecule has 25 heavy (non-hydrogen) atoms. The van der Waals surface area contributed by atoms with Crippen molar-refractivity contribution in [3.63, 3.8) is 0 Å². The molecule has 5 N–H and O–H groups in total. The molecule has 1 heterocycles. The van der Waals surface area contributed by atoms with Gasteiger partial charge in [-0.3, -0.25) is 19.2 Å². The molecule has 0 radical (unpaired) electrons. The lowest BCUT2D eigenvalue weighted by Gasteiger charge is -2.55. The second kappa shape index (κ2) is 6.71. The summed E-state index contributed by atoms with van der Waals surface area (Å²) in [5, 5.41) is 40.3. The molecule has 0 spiro atoms. The van der Waals surface area contributed by atoms with Gasteiger partial charge in [0.1, 0.15) is 12.1 Å². The van der Waals surface area contributed by atoms with Gasteiger partial charge in [-0.05, 0) is 20.8 Å². The van der Waals surface area contributed by atoms with Gasteiger partial charge in [0, 0.05) is 6.92 Å². The number of ketones is 3. The van der Waals surface area contributed by atoms with Crippen LogP contribution in [0.5, 0.6) is 0 Å². The Balaban J connectivity index is 3.78. The molecule has 1 saturated heterocycles. The molecule has 0 aromatic rings. The first-order chi connectivity index (χ1) is 11.1. The van der Waals surface area contributed by atoms with Crippen LogP contribution in [0.15, 0.2) is 0 Å². The van der Waals surface area contributed by atoms with Crippen LogP contribution in [0.2, 0.25) is 0 Å². The Hall–Kier alpha value is -1.43. The molecular weight excluding hydrogens is 362 g/mol. The van der Waals surface area contributed by atoms with Crippen molar-refractivity contribution in [3.05, 3.63) is 0 Å². The third kappa shape index (κ3) is 3.21. The highest BCUT2D eigenvalue weighted by atomic mass is 35.5. The maximum absolute atomic E-state index is 12.2. The summed E-state index contributed by atoms with van der Waals surface area (Å²) in [6.07, 6.45) is -4.18. The molecule has 1 unspecified atom stereocenters. The van der Waals surface area contributed by atoms with Gasteiger partial charge >= 0.3 is 0 Å². The van der Waals surface area contributed by atoms with E-state index in [1.165, 1.54) is 0 Å². The van der Waals surface area contributed by atoms with Crippen LogP contribution in [0.4, 0.5) is 0 Å². The Morgan fingerprint density at radius 2 is 1.48 bits per heavy atom. The van der Waals surface area contributed by atoms with Crippen molar-refractivity contribution >= 4 is 34.9 Å². The lowest BCUT2D eigenvalue weighted by Crippen LogP contribution is -2.85. The monoisotopic (exact) mass is 381 g/mol. The summed E-state index contributed by atoms with van der Waals surface area (Å²) >= 11 is 5.74. The molecule has 0 aliphatic carbocycles. The highest BCUT2D eigenvalue weighted by Crippen LogP contribution is 2.45. The fourth-order valence-corrected chi connectivity index (χ4v) is 3.10. The van der Waals surface area contributed by atoms with Crippen molar-refractivity contribution in [2.75, 3.05) is 0 Å². The number of carbonyl (C=O) groups excluding carboxylic acids is 4. The van der Waals surface area contributed by atoms with Crippen LogP contribution in [0.1, 0.15) is 27.7 Å². The van der Waals surface area contributed by atoms with Gasteiger partial charge in [0.15, 0.2) is 34.7 Å². The van der Waals surface area contributed by atoms with Gasteiger partial charge in [0.05, 0.1) is 0 Å². The predicted molar refractivity (Wildman–Crippen MR) is 81.2 cm³/mol. The number of rotatable bonds is 5. The van der Waals surface area contributed by atoms with Crippen LogP contribution in [-0.4, -0.2) is 78.4 Å². The van der Waals surface area contributed by atoms with Gasteiger partial charge in [-0.15, -0.1) is 0 Å². The van der Waals surface area contributed by atoms with E-state index >= 15 is 0 Å². The average molecular weight is 382 g/mol. The maximum Gasteiger partial charge on any atom is 0.271 e. The first kappa shape index (κ1) is 21.6. The molecule has 0 aromatic heterocycles. The largest absolute Gasteiger partial charge is 0.386 e. The van der Waals surface area contributed by atoms with E-state index in [9.17, 15) is 39.6 Å². The van der Waals surface area contributed by atoms with Crippen LogP contribution >= 0.6 is 11.6 Å². The summed E-state index contributed by atoms with van der Waals surface area (Å²) in [6, 6.07) is -2.20. The number of halogens is 1. The molecule has 11 heteroatoms. The molecule has 1 fully saturated rings. The zero-order valence-corrected chi connectivity index (χ0v) is 14.7. The number of hydrogen-bond donors (Lipinski definition) is 5. The molecule has 1 aliphatic rings.